The third-order valence-corrected chi connectivity index (χ3v) is 7.78. The molecule has 0 saturated carbocycles. The number of anilines is 2. The third kappa shape index (κ3) is 4.09. The summed E-state index contributed by atoms with van der Waals surface area (Å²) in [6.45, 7) is 9.94. The van der Waals surface area contributed by atoms with Crippen LogP contribution in [0.3, 0.4) is 0 Å². The molecule has 2 aromatic rings. The van der Waals surface area contributed by atoms with Crippen LogP contribution in [0, 0.1) is 20.8 Å². The van der Waals surface area contributed by atoms with Gasteiger partial charge in [-0.05, 0) is 50.8 Å². The Balaban J connectivity index is 1.50. The first-order valence-electron chi connectivity index (χ1n) is 10.3. The lowest BCUT2D eigenvalue weighted by Crippen LogP contribution is -2.49. The van der Waals surface area contributed by atoms with Crippen LogP contribution in [0.25, 0.3) is 0 Å². The van der Waals surface area contributed by atoms with Crippen molar-refractivity contribution in [3.63, 3.8) is 0 Å². The monoisotopic (exact) mass is 415 g/mol. The molecule has 7 nitrogen and oxygen atoms in total. The highest BCUT2D eigenvalue weighted by molar-refractivity contribution is 7.89. The fraction of sp³-hybridized carbons (Fsp3) is 0.524. The molecule has 4 rings (SSSR count). The summed E-state index contributed by atoms with van der Waals surface area (Å²) in [7, 11) is -3.48. The number of sulfonamides is 1. The van der Waals surface area contributed by atoms with Gasteiger partial charge in [0.15, 0.2) is 0 Å². The van der Waals surface area contributed by atoms with Crippen molar-refractivity contribution in [2.45, 2.75) is 38.5 Å². The highest BCUT2D eigenvalue weighted by atomic mass is 32.2. The molecule has 0 atom stereocenters. The predicted octanol–water partition coefficient (Wildman–Crippen LogP) is 2.51. The summed E-state index contributed by atoms with van der Waals surface area (Å²) in [5, 5.41) is 0. The standard InChI is InChI=1S/C21H29N5O2S/c1-16-6-7-17(2)19(14-16)29(27,28)26-12-10-24(11-13-26)20-15-18(3)22-21(23-20)25-8-4-5-9-25/h6-7,14-15H,4-5,8-13H2,1-3H3. The fourth-order valence-electron chi connectivity index (χ4n) is 4.04. The van der Waals surface area contributed by atoms with E-state index in [1.165, 1.54) is 12.8 Å². The zero-order valence-corrected chi connectivity index (χ0v) is 18.2. The van der Waals surface area contributed by atoms with E-state index in [1.54, 1.807) is 10.4 Å². The van der Waals surface area contributed by atoms with Crippen LogP contribution in [0.1, 0.15) is 29.7 Å². The van der Waals surface area contributed by atoms with Gasteiger partial charge in [-0.15, -0.1) is 0 Å². The summed E-state index contributed by atoms with van der Waals surface area (Å²) in [6, 6.07) is 7.59. The van der Waals surface area contributed by atoms with Crippen LogP contribution in [0.15, 0.2) is 29.2 Å². The maximum atomic E-state index is 13.2. The summed E-state index contributed by atoms with van der Waals surface area (Å²) >= 11 is 0. The minimum Gasteiger partial charge on any atom is -0.354 e. The Morgan fingerprint density at radius 1 is 0.828 bits per heavy atom. The molecule has 3 heterocycles. The lowest BCUT2D eigenvalue weighted by Gasteiger charge is -2.35. The first kappa shape index (κ1) is 20.1. The Kier molecular flexibility index (Phi) is 5.48. The van der Waals surface area contributed by atoms with Crippen LogP contribution in [-0.2, 0) is 10.0 Å². The van der Waals surface area contributed by atoms with E-state index in [2.05, 4.69) is 14.8 Å². The van der Waals surface area contributed by atoms with Crippen molar-refractivity contribution in [2.75, 3.05) is 49.1 Å². The molecule has 0 aliphatic carbocycles. The smallest absolute Gasteiger partial charge is 0.243 e. The van der Waals surface area contributed by atoms with E-state index in [0.29, 0.717) is 31.1 Å². The van der Waals surface area contributed by atoms with Crippen molar-refractivity contribution in [3.8, 4) is 0 Å². The molecule has 2 aliphatic heterocycles. The summed E-state index contributed by atoms with van der Waals surface area (Å²) < 4.78 is 27.9. The molecule has 0 bridgehead atoms. The number of hydrogen-bond donors (Lipinski definition) is 0. The van der Waals surface area contributed by atoms with Gasteiger partial charge in [0, 0.05) is 51.0 Å². The van der Waals surface area contributed by atoms with Gasteiger partial charge in [0.1, 0.15) is 5.82 Å². The second-order valence-electron chi connectivity index (χ2n) is 8.02. The Morgan fingerprint density at radius 3 is 2.21 bits per heavy atom. The van der Waals surface area contributed by atoms with Crippen LogP contribution in [0.5, 0.6) is 0 Å². The maximum Gasteiger partial charge on any atom is 0.243 e. The second-order valence-corrected chi connectivity index (χ2v) is 9.93. The quantitative estimate of drug-likeness (QED) is 0.764. The van der Waals surface area contributed by atoms with Gasteiger partial charge >= 0.3 is 0 Å². The summed E-state index contributed by atoms with van der Waals surface area (Å²) in [6.07, 6.45) is 2.36. The Morgan fingerprint density at radius 2 is 1.52 bits per heavy atom. The molecule has 2 saturated heterocycles. The number of benzene rings is 1. The van der Waals surface area contributed by atoms with E-state index < -0.39 is 10.0 Å². The van der Waals surface area contributed by atoms with Crippen LogP contribution >= 0.6 is 0 Å². The van der Waals surface area contributed by atoms with Gasteiger partial charge in [-0.1, -0.05) is 12.1 Å². The van der Waals surface area contributed by atoms with Gasteiger partial charge in [0.05, 0.1) is 4.90 Å². The minimum atomic E-state index is -3.48. The molecule has 0 radical (unpaired) electrons. The van der Waals surface area contributed by atoms with Crippen molar-refractivity contribution < 1.29 is 8.42 Å². The minimum absolute atomic E-state index is 0.417. The zero-order valence-electron chi connectivity index (χ0n) is 17.4. The molecular formula is C21H29N5O2S. The van der Waals surface area contributed by atoms with Gasteiger partial charge in [-0.3, -0.25) is 0 Å². The third-order valence-electron chi connectivity index (χ3n) is 5.74. The zero-order chi connectivity index (χ0) is 20.6. The first-order chi connectivity index (χ1) is 13.8. The Bertz CT molecular complexity index is 994. The number of aromatic nitrogens is 2. The van der Waals surface area contributed by atoms with Gasteiger partial charge in [-0.2, -0.15) is 9.29 Å². The molecule has 0 amide bonds. The molecule has 1 aromatic heterocycles. The number of nitrogens with zero attached hydrogens (tertiary/aromatic N) is 5. The van der Waals surface area contributed by atoms with Gasteiger partial charge in [0.25, 0.3) is 0 Å². The largest absolute Gasteiger partial charge is 0.354 e. The fourth-order valence-corrected chi connectivity index (χ4v) is 5.77. The van der Waals surface area contributed by atoms with Gasteiger partial charge in [0.2, 0.25) is 16.0 Å². The molecule has 0 spiro atoms. The predicted molar refractivity (Wildman–Crippen MR) is 115 cm³/mol. The van der Waals surface area contributed by atoms with Gasteiger partial charge in [-0.25, -0.2) is 13.4 Å². The highest BCUT2D eigenvalue weighted by Crippen LogP contribution is 2.25. The number of rotatable bonds is 4. The Labute approximate surface area is 173 Å². The lowest BCUT2D eigenvalue weighted by atomic mass is 10.2. The van der Waals surface area contributed by atoms with Crippen LogP contribution in [0.2, 0.25) is 0 Å². The lowest BCUT2D eigenvalue weighted by molar-refractivity contribution is 0.383. The molecule has 0 N–H and O–H groups in total. The highest BCUT2D eigenvalue weighted by Gasteiger charge is 2.30. The van der Waals surface area contributed by atoms with E-state index in [0.717, 1.165) is 41.7 Å². The van der Waals surface area contributed by atoms with Crippen molar-refractivity contribution in [2.24, 2.45) is 0 Å². The molecule has 8 heteroatoms. The van der Waals surface area contributed by atoms with E-state index in [9.17, 15) is 8.42 Å². The molecule has 2 fully saturated rings. The average molecular weight is 416 g/mol. The first-order valence-corrected chi connectivity index (χ1v) is 11.7. The molecule has 0 unspecified atom stereocenters. The van der Waals surface area contributed by atoms with Crippen molar-refractivity contribution in [3.05, 3.63) is 41.1 Å². The van der Waals surface area contributed by atoms with E-state index in [1.807, 2.05) is 39.0 Å². The van der Waals surface area contributed by atoms with Crippen molar-refractivity contribution in [1.29, 1.82) is 0 Å². The maximum absolute atomic E-state index is 13.2. The van der Waals surface area contributed by atoms with Gasteiger partial charge < -0.3 is 9.80 Å². The summed E-state index contributed by atoms with van der Waals surface area (Å²) in [5.41, 5.74) is 2.70. The average Bonchev–Trinajstić information content (AvgIpc) is 3.24. The van der Waals surface area contributed by atoms with Crippen LogP contribution in [-0.4, -0.2) is 62.0 Å². The van der Waals surface area contributed by atoms with Crippen molar-refractivity contribution >= 4 is 21.8 Å². The molecule has 156 valence electrons. The molecular weight excluding hydrogens is 386 g/mol. The topological polar surface area (TPSA) is 69.6 Å². The second kappa shape index (κ2) is 7.91. The van der Waals surface area contributed by atoms with Crippen LogP contribution in [0.4, 0.5) is 11.8 Å². The molecule has 29 heavy (non-hydrogen) atoms. The van der Waals surface area contributed by atoms with Crippen LogP contribution < -0.4 is 9.80 Å². The number of piperazine rings is 1. The van der Waals surface area contributed by atoms with E-state index >= 15 is 0 Å². The number of aryl methyl sites for hydroxylation is 3. The van der Waals surface area contributed by atoms with E-state index in [-0.39, 0.29) is 0 Å². The number of hydrogen-bond acceptors (Lipinski definition) is 6. The molecule has 2 aliphatic rings. The Hall–Kier alpha value is -2.19. The van der Waals surface area contributed by atoms with Crippen molar-refractivity contribution in [1.82, 2.24) is 14.3 Å². The SMILES string of the molecule is Cc1ccc(C)c(S(=O)(=O)N2CCN(c3cc(C)nc(N4CCCC4)n3)CC2)c1. The summed E-state index contributed by atoms with van der Waals surface area (Å²) in [4.78, 5) is 14.2. The normalized spacial score (nSPS) is 18.4. The molecule has 1 aromatic carbocycles. The van der Waals surface area contributed by atoms with E-state index in [4.69, 9.17) is 4.98 Å². The summed E-state index contributed by atoms with van der Waals surface area (Å²) in [5.74, 6) is 1.69.